The maximum Gasteiger partial charge on any atom is 0.460 e. The van der Waals surface area contributed by atoms with Gasteiger partial charge in [-0.3, -0.25) is 38.5 Å². The van der Waals surface area contributed by atoms with Crippen LogP contribution in [0.15, 0.2) is 121 Å². The number of carbonyl (C=O) groups excluding carboxylic acids is 4. The van der Waals surface area contributed by atoms with Gasteiger partial charge in [0.25, 0.3) is 0 Å². The lowest BCUT2D eigenvalue weighted by Gasteiger charge is -2.40. The van der Waals surface area contributed by atoms with Gasteiger partial charge in [-0.15, -0.1) is 0 Å². The molecule has 860 valence electrons. The highest BCUT2D eigenvalue weighted by molar-refractivity contribution is 5.76. The average molecular weight is 2290 g/mol. The number of rotatable bonds is 52. The summed E-state index contributed by atoms with van der Waals surface area (Å²) < 4.78 is 746. The first-order valence-electron chi connectivity index (χ1n) is 42.4. The summed E-state index contributed by atoms with van der Waals surface area (Å²) in [4.78, 5) is 81.4. The van der Waals surface area contributed by atoms with Gasteiger partial charge < -0.3 is 19.6 Å². The van der Waals surface area contributed by atoms with Crippen LogP contribution in [0, 0.1) is 0 Å². The third kappa shape index (κ3) is 28.4. The Morgan fingerprint density at radius 1 is 0.200 bits per heavy atom. The molecule has 5 rings (SSSR count). The number of halogens is 52. The number of carbonyl (C=O) groups is 4. The first kappa shape index (κ1) is 131. The third-order valence-electron chi connectivity index (χ3n) is 22.5. The summed E-state index contributed by atoms with van der Waals surface area (Å²) in [5.74, 6) is -168. The number of nitrogens with zero attached hydrogens (tertiary/aromatic N) is 8. The van der Waals surface area contributed by atoms with E-state index in [0.29, 0.717) is 0 Å². The minimum absolute atomic E-state index is 0.195. The molecule has 4 amide bonds. The fourth-order valence-electron chi connectivity index (χ4n) is 13.2. The highest BCUT2D eigenvalue weighted by atomic mass is 19.5. The molecule has 0 N–H and O–H groups in total. The zero-order valence-electron chi connectivity index (χ0n) is 75.3. The highest BCUT2D eigenvalue weighted by Crippen LogP contribution is 2.66. The van der Waals surface area contributed by atoms with Gasteiger partial charge in [0.05, 0.1) is 26.2 Å². The molecule has 0 aliphatic carbocycles. The fourth-order valence-corrected chi connectivity index (χ4v) is 13.2. The Balaban J connectivity index is 1.72. The Hall–Kier alpha value is -9.20. The van der Waals surface area contributed by atoms with E-state index < -0.39 is 382 Å². The number of hydrogen-bond donors (Lipinski definition) is 0. The van der Waals surface area contributed by atoms with Crippen LogP contribution in [0.4, 0.5) is 228 Å². The van der Waals surface area contributed by atoms with E-state index in [2.05, 4.69) is 0 Å². The van der Waals surface area contributed by atoms with Gasteiger partial charge in [-0.05, 0) is 61.3 Å². The predicted molar refractivity (Wildman–Crippen MR) is 407 cm³/mol. The van der Waals surface area contributed by atoms with Crippen molar-refractivity contribution in [1.82, 2.24) is 39.9 Å². The van der Waals surface area contributed by atoms with Crippen molar-refractivity contribution >= 4 is 23.6 Å². The highest BCUT2D eigenvalue weighted by Gasteiger charge is 2.95. The second-order valence-corrected chi connectivity index (χ2v) is 33.1. The van der Waals surface area contributed by atoms with Gasteiger partial charge in [0, 0.05) is 104 Å². The van der Waals surface area contributed by atoms with Crippen molar-refractivity contribution in [3.63, 3.8) is 0 Å². The van der Waals surface area contributed by atoms with Crippen LogP contribution in [0.2, 0.25) is 0 Å². The lowest BCUT2D eigenvalue weighted by Crippen LogP contribution is -2.70. The molecule has 1 fully saturated rings. The van der Waals surface area contributed by atoms with Crippen LogP contribution in [0.3, 0.4) is 0 Å². The SMILES string of the molecule is O=C(CCN1CCCN(CCC(=O)N(CCC(F)(F)C(F)(F)C(F)(F)C(F)(F)C(F)(F)C(F)(F)F)OCc2ccccc2)CCN(CCC(=O)N(CCC(F)(F)C(F)(F)C(F)(F)C(F)(F)C(F)(F)C(F)(F)F)OCc2ccccc2)CCCN(CCC(=O)N(CCC(F)(F)C(F)(F)C(F)(F)C(F)(F)C(F)(F)C(F)(F)F)OCc2ccccc2)CC1)N(CCC(F)(F)C(F)(F)C(F)(F)C(F)(F)C(F)(F)C(F)(F)F)OCc1ccccc1. The topological polar surface area (TPSA) is 131 Å². The number of hydrogen-bond acceptors (Lipinski definition) is 12. The van der Waals surface area contributed by atoms with Crippen molar-refractivity contribution in [2.45, 2.75) is 234 Å². The van der Waals surface area contributed by atoms with Gasteiger partial charge in [-0.25, -0.2) is 20.3 Å². The molecular formula is C82H80F52N8O8. The maximum atomic E-state index is 15.5. The fraction of sp³-hybridized carbons (Fsp3) is 0.659. The van der Waals surface area contributed by atoms with E-state index in [9.17, 15) is 177 Å². The van der Waals surface area contributed by atoms with Crippen LogP contribution in [-0.2, 0) is 65.0 Å². The molecule has 1 saturated heterocycles. The van der Waals surface area contributed by atoms with Gasteiger partial charge in [-0.1, -0.05) is 121 Å². The smallest absolute Gasteiger partial charge is 0.302 e. The van der Waals surface area contributed by atoms with E-state index in [0.717, 1.165) is 117 Å². The van der Waals surface area contributed by atoms with Gasteiger partial charge in [0.2, 0.25) is 23.6 Å². The minimum Gasteiger partial charge on any atom is -0.302 e. The quantitative estimate of drug-likeness (QED) is 0.0308. The Morgan fingerprint density at radius 2 is 0.340 bits per heavy atom. The first-order chi connectivity index (χ1) is 67.8. The Labute approximate surface area is 810 Å². The van der Waals surface area contributed by atoms with Crippen molar-refractivity contribution in [1.29, 1.82) is 0 Å². The molecule has 1 heterocycles. The van der Waals surface area contributed by atoms with Gasteiger partial charge in [-0.2, -0.15) is 228 Å². The molecule has 1 aliphatic rings. The Bertz CT molecular complexity index is 4330. The van der Waals surface area contributed by atoms with Crippen LogP contribution >= 0.6 is 0 Å². The number of amides is 4. The molecule has 68 heteroatoms. The number of alkyl halides is 52. The van der Waals surface area contributed by atoms with Crippen molar-refractivity contribution in [3.8, 4) is 0 Å². The van der Waals surface area contributed by atoms with Crippen molar-refractivity contribution < 1.29 is 267 Å². The molecule has 0 aromatic heterocycles. The van der Waals surface area contributed by atoms with Gasteiger partial charge in [0.1, 0.15) is 26.4 Å². The zero-order chi connectivity index (χ0) is 115. The molecule has 0 saturated carbocycles. The van der Waals surface area contributed by atoms with Crippen LogP contribution in [0.25, 0.3) is 0 Å². The summed E-state index contributed by atoms with van der Waals surface area (Å²) in [6, 6.07) is 22.5. The van der Waals surface area contributed by atoms with E-state index >= 15 is 70.2 Å². The molecule has 150 heavy (non-hydrogen) atoms. The second kappa shape index (κ2) is 48.0. The van der Waals surface area contributed by atoms with E-state index in [1.54, 1.807) is 0 Å². The summed E-state index contributed by atoms with van der Waals surface area (Å²) in [7, 11) is 0. The molecular weight excluding hydrogens is 2210 g/mol. The van der Waals surface area contributed by atoms with Gasteiger partial charge >= 0.3 is 143 Å². The second-order valence-electron chi connectivity index (χ2n) is 33.1. The number of hydroxylamine groups is 8. The van der Waals surface area contributed by atoms with Crippen LogP contribution in [0.1, 0.15) is 86.5 Å². The van der Waals surface area contributed by atoms with Gasteiger partial charge in [0.15, 0.2) is 0 Å². The average Bonchev–Trinajstić information content (AvgIpc) is 0.721. The summed E-state index contributed by atoms with van der Waals surface area (Å²) in [6.07, 6.45) is -51.6. The molecule has 0 spiro atoms. The summed E-state index contributed by atoms with van der Waals surface area (Å²) in [6.45, 7) is -25.2. The zero-order valence-corrected chi connectivity index (χ0v) is 75.3. The van der Waals surface area contributed by atoms with Crippen molar-refractivity contribution in [3.05, 3.63) is 144 Å². The summed E-state index contributed by atoms with van der Waals surface area (Å²) in [5.41, 5.74) is -0.779. The molecule has 0 unspecified atom stereocenters. The molecule has 4 aromatic carbocycles. The Morgan fingerprint density at radius 3 is 0.480 bits per heavy atom. The van der Waals surface area contributed by atoms with Crippen LogP contribution < -0.4 is 0 Å². The van der Waals surface area contributed by atoms with E-state index in [4.69, 9.17) is 19.4 Å². The minimum atomic E-state index is -8.48. The molecule has 0 radical (unpaired) electrons. The standard InChI is InChI=1S/C82H80F52N8O8/c83-59(84,63(91,92)67(99,100)71(107,108)75(115,116)79(123,124)125)27-39-139(147-47-51-15-5-1-6-16-51)55(143)23-35-135-31-13-32-137(37-25-57(145)141(149-49-53-19-9-3-10-20-53)41-29-61(87,88)65(95,96)69(103,104)73(111,112)77(119,120)81(129,130)131)45-46-138(38-26-58(146)142(150-50-54-21-11-4-12-22-54)42-30-62(89,90)66(97,98)70(105,106)74(113,114)78(121,122)82(132,133)134)34-14-33-136(44-43-135)36-24-56(144)140(148-48-52-17-7-2-8-18-52)40-28-60(85,86)64(93,94)68(101,102)72(109,110)76(117,118)80(126,127)128/h1-12,15-22H,13-14,23-50H2. The first-order valence-corrected chi connectivity index (χ1v) is 42.4. The molecule has 16 nitrogen and oxygen atoms in total. The summed E-state index contributed by atoms with van der Waals surface area (Å²) in [5, 5.41) is -1.86. The van der Waals surface area contributed by atoms with E-state index in [-0.39, 0.29) is 22.3 Å². The maximum absolute atomic E-state index is 15.5. The molecule has 1 aliphatic heterocycles. The summed E-state index contributed by atoms with van der Waals surface area (Å²) >= 11 is 0. The molecule has 4 aromatic rings. The normalized spacial score (nSPS) is 16.2. The lowest BCUT2D eigenvalue weighted by atomic mass is 9.92. The largest absolute Gasteiger partial charge is 0.460 e. The molecule has 0 atom stereocenters. The lowest BCUT2D eigenvalue weighted by molar-refractivity contribution is -0.440. The van der Waals surface area contributed by atoms with Crippen LogP contribution in [0.5, 0.6) is 0 Å². The monoisotopic (exact) mass is 2290 g/mol. The number of benzene rings is 4. The van der Waals surface area contributed by atoms with E-state index in [1.807, 2.05) is 0 Å². The predicted octanol–water partition coefficient (Wildman–Crippen LogP) is 23.9. The van der Waals surface area contributed by atoms with Crippen LogP contribution in [-0.4, -0.2) is 311 Å². The van der Waals surface area contributed by atoms with Crippen molar-refractivity contribution in [2.75, 3.05) is 105 Å². The third-order valence-corrected chi connectivity index (χ3v) is 22.5. The Kier molecular flexibility index (Phi) is 42.0. The van der Waals surface area contributed by atoms with E-state index in [1.165, 1.54) is 24.3 Å². The molecule has 0 bridgehead atoms. The van der Waals surface area contributed by atoms with Crippen molar-refractivity contribution in [2.24, 2.45) is 0 Å².